The topological polar surface area (TPSA) is 58.2 Å². The highest BCUT2D eigenvalue weighted by atomic mass is 79.9. The first-order chi connectivity index (χ1) is 8.02. The van der Waals surface area contributed by atoms with E-state index in [1.54, 1.807) is 18.2 Å². The molecule has 1 unspecified atom stereocenters. The van der Waals surface area contributed by atoms with Crippen molar-refractivity contribution in [1.82, 2.24) is 5.32 Å². The Labute approximate surface area is 109 Å². The highest BCUT2D eigenvalue weighted by molar-refractivity contribution is 9.10. The zero-order chi connectivity index (χ0) is 12.8. The molecule has 92 valence electrons. The van der Waals surface area contributed by atoms with Crippen molar-refractivity contribution in [2.45, 2.75) is 26.3 Å². The van der Waals surface area contributed by atoms with Crippen LogP contribution in [0.2, 0.25) is 0 Å². The molecule has 1 aromatic carbocycles. The van der Waals surface area contributed by atoms with Crippen LogP contribution < -0.4 is 10.6 Å². The Morgan fingerprint density at radius 1 is 1.35 bits per heavy atom. The lowest BCUT2D eigenvalue weighted by Gasteiger charge is -2.11. The zero-order valence-corrected chi connectivity index (χ0v) is 11.4. The minimum Gasteiger partial charge on any atom is -0.345 e. The van der Waals surface area contributed by atoms with E-state index in [4.69, 9.17) is 0 Å². The molecule has 1 atom stereocenters. The Morgan fingerprint density at radius 3 is 2.65 bits per heavy atom. The molecule has 0 saturated heterocycles. The van der Waals surface area contributed by atoms with E-state index in [-0.39, 0.29) is 6.04 Å². The van der Waals surface area contributed by atoms with Crippen LogP contribution in [0.25, 0.3) is 0 Å². The molecule has 0 aliphatic carbocycles. The first-order valence-corrected chi connectivity index (χ1v) is 6.19. The van der Waals surface area contributed by atoms with Gasteiger partial charge >= 0.3 is 11.8 Å². The summed E-state index contributed by atoms with van der Waals surface area (Å²) in [5, 5.41) is 5.13. The van der Waals surface area contributed by atoms with Crippen molar-refractivity contribution in [2.24, 2.45) is 0 Å². The van der Waals surface area contributed by atoms with Crippen molar-refractivity contribution in [3.63, 3.8) is 0 Å². The number of nitrogens with one attached hydrogen (secondary N) is 2. The van der Waals surface area contributed by atoms with Crippen molar-refractivity contribution in [2.75, 3.05) is 5.32 Å². The van der Waals surface area contributed by atoms with Gasteiger partial charge in [0.1, 0.15) is 0 Å². The maximum absolute atomic E-state index is 11.5. The molecule has 0 aromatic heterocycles. The summed E-state index contributed by atoms with van der Waals surface area (Å²) in [6.45, 7) is 3.79. The number of halogens is 1. The molecule has 0 aliphatic rings. The van der Waals surface area contributed by atoms with E-state index in [2.05, 4.69) is 26.6 Å². The van der Waals surface area contributed by atoms with Gasteiger partial charge in [0, 0.05) is 16.2 Å². The van der Waals surface area contributed by atoms with Gasteiger partial charge in [-0.2, -0.15) is 0 Å². The molecule has 5 heteroatoms. The largest absolute Gasteiger partial charge is 0.345 e. The molecule has 0 bridgehead atoms. The van der Waals surface area contributed by atoms with Crippen molar-refractivity contribution in [3.05, 3.63) is 28.7 Å². The van der Waals surface area contributed by atoms with E-state index in [0.717, 1.165) is 10.9 Å². The molecule has 0 saturated carbocycles. The minimum atomic E-state index is -0.650. The number of carbonyl (C=O) groups is 2. The highest BCUT2D eigenvalue weighted by Crippen LogP contribution is 2.15. The summed E-state index contributed by atoms with van der Waals surface area (Å²) in [4.78, 5) is 23.0. The Bertz CT molecular complexity index is 421. The lowest BCUT2D eigenvalue weighted by Crippen LogP contribution is -2.40. The van der Waals surface area contributed by atoms with Crippen molar-refractivity contribution in [1.29, 1.82) is 0 Å². The normalized spacial score (nSPS) is 11.7. The lowest BCUT2D eigenvalue weighted by atomic mass is 10.2. The van der Waals surface area contributed by atoms with Gasteiger partial charge in [0.15, 0.2) is 0 Å². The molecule has 1 aromatic rings. The summed E-state index contributed by atoms with van der Waals surface area (Å²) in [5.41, 5.74) is 0.587. The van der Waals surface area contributed by atoms with E-state index in [1.165, 1.54) is 0 Å². The second-order valence-electron chi connectivity index (χ2n) is 3.75. The van der Waals surface area contributed by atoms with Crippen LogP contribution in [0.3, 0.4) is 0 Å². The minimum absolute atomic E-state index is 0.00393. The number of anilines is 1. The van der Waals surface area contributed by atoms with E-state index in [1.807, 2.05) is 19.9 Å². The Balaban J connectivity index is 2.57. The molecule has 0 aliphatic heterocycles. The van der Waals surface area contributed by atoms with E-state index in [0.29, 0.717) is 5.69 Å². The maximum atomic E-state index is 11.5. The second kappa shape index (κ2) is 6.39. The number of rotatable bonds is 3. The van der Waals surface area contributed by atoms with Gasteiger partial charge in [-0.15, -0.1) is 0 Å². The summed E-state index contributed by atoms with van der Waals surface area (Å²) in [7, 11) is 0. The molecule has 1 rings (SSSR count). The molecule has 0 spiro atoms. The predicted molar refractivity (Wildman–Crippen MR) is 70.7 cm³/mol. The van der Waals surface area contributed by atoms with Crippen LogP contribution in [-0.2, 0) is 9.59 Å². The molecule has 2 amide bonds. The first-order valence-electron chi connectivity index (χ1n) is 5.40. The van der Waals surface area contributed by atoms with Gasteiger partial charge in [-0.3, -0.25) is 9.59 Å². The van der Waals surface area contributed by atoms with Crippen molar-refractivity contribution in [3.8, 4) is 0 Å². The molecular weight excluding hydrogens is 284 g/mol. The fourth-order valence-electron chi connectivity index (χ4n) is 1.15. The van der Waals surface area contributed by atoms with Gasteiger partial charge in [-0.1, -0.05) is 28.9 Å². The average Bonchev–Trinajstić information content (AvgIpc) is 2.28. The van der Waals surface area contributed by atoms with Crippen LogP contribution in [0.4, 0.5) is 5.69 Å². The fourth-order valence-corrected chi connectivity index (χ4v) is 1.54. The van der Waals surface area contributed by atoms with E-state index < -0.39 is 11.8 Å². The monoisotopic (exact) mass is 298 g/mol. The molecule has 0 heterocycles. The Kier molecular flexibility index (Phi) is 5.15. The van der Waals surface area contributed by atoms with Crippen molar-refractivity contribution < 1.29 is 9.59 Å². The van der Waals surface area contributed by atoms with Gasteiger partial charge in [0.25, 0.3) is 0 Å². The predicted octanol–water partition coefficient (Wildman–Crippen LogP) is 2.30. The maximum Gasteiger partial charge on any atom is 0.313 e. The Morgan fingerprint density at radius 2 is 2.06 bits per heavy atom. The van der Waals surface area contributed by atoms with Crippen LogP contribution in [0.1, 0.15) is 20.3 Å². The highest BCUT2D eigenvalue weighted by Gasteiger charge is 2.15. The quantitative estimate of drug-likeness (QED) is 0.841. The first kappa shape index (κ1) is 13.7. The lowest BCUT2D eigenvalue weighted by molar-refractivity contribution is -0.136. The second-order valence-corrected chi connectivity index (χ2v) is 4.66. The number of benzene rings is 1. The van der Waals surface area contributed by atoms with Crippen molar-refractivity contribution >= 4 is 33.4 Å². The molecule has 0 radical (unpaired) electrons. The van der Waals surface area contributed by atoms with Crippen LogP contribution in [0, 0.1) is 0 Å². The number of hydrogen-bond acceptors (Lipinski definition) is 2. The van der Waals surface area contributed by atoms with E-state index in [9.17, 15) is 9.59 Å². The smallest absolute Gasteiger partial charge is 0.313 e. The molecular formula is C12H15BrN2O2. The zero-order valence-electron chi connectivity index (χ0n) is 9.79. The third-order valence-electron chi connectivity index (χ3n) is 2.28. The third-order valence-corrected chi connectivity index (χ3v) is 2.77. The third kappa shape index (κ3) is 4.56. The van der Waals surface area contributed by atoms with Gasteiger partial charge in [-0.05, 0) is 31.5 Å². The SMILES string of the molecule is CCC(C)NC(=O)C(=O)Nc1cccc(Br)c1. The van der Waals surface area contributed by atoms with Gasteiger partial charge in [0.2, 0.25) is 0 Å². The number of carbonyl (C=O) groups excluding carboxylic acids is 2. The summed E-state index contributed by atoms with van der Waals surface area (Å²) in [6, 6.07) is 7.07. The van der Waals surface area contributed by atoms with Gasteiger partial charge in [-0.25, -0.2) is 0 Å². The van der Waals surface area contributed by atoms with Crippen LogP contribution in [0.5, 0.6) is 0 Å². The fraction of sp³-hybridized carbons (Fsp3) is 0.333. The number of hydrogen-bond donors (Lipinski definition) is 2. The summed E-state index contributed by atoms with van der Waals surface area (Å²) >= 11 is 3.29. The van der Waals surface area contributed by atoms with Crippen LogP contribution in [-0.4, -0.2) is 17.9 Å². The summed E-state index contributed by atoms with van der Waals surface area (Å²) in [5.74, 6) is -1.26. The van der Waals surface area contributed by atoms with Crippen LogP contribution in [0.15, 0.2) is 28.7 Å². The van der Waals surface area contributed by atoms with Gasteiger partial charge in [0.05, 0.1) is 0 Å². The standard InChI is InChI=1S/C12H15BrN2O2/c1-3-8(2)14-11(16)12(17)15-10-6-4-5-9(13)7-10/h4-8H,3H2,1-2H3,(H,14,16)(H,15,17). The van der Waals surface area contributed by atoms with Gasteiger partial charge < -0.3 is 10.6 Å². The number of amides is 2. The average molecular weight is 299 g/mol. The van der Waals surface area contributed by atoms with Crippen LogP contribution >= 0.6 is 15.9 Å². The summed E-state index contributed by atoms with van der Waals surface area (Å²) < 4.78 is 0.845. The molecule has 0 fully saturated rings. The molecule has 17 heavy (non-hydrogen) atoms. The summed E-state index contributed by atoms with van der Waals surface area (Å²) in [6.07, 6.45) is 0.788. The molecule has 4 nitrogen and oxygen atoms in total. The molecule has 2 N–H and O–H groups in total. The Hall–Kier alpha value is -1.36. The van der Waals surface area contributed by atoms with E-state index >= 15 is 0 Å².